The topological polar surface area (TPSA) is 84.6 Å². The fourth-order valence-electron chi connectivity index (χ4n) is 1.31. The van der Waals surface area contributed by atoms with Crippen molar-refractivity contribution in [3.63, 3.8) is 0 Å². The fourth-order valence-corrected chi connectivity index (χ4v) is 1.31. The molecule has 5 nitrogen and oxygen atoms in total. The molecule has 1 amide bonds. The van der Waals surface area contributed by atoms with Crippen LogP contribution >= 0.6 is 0 Å². The van der Waals surface area contributed by atoms with E-state index in [1.807, 2.05) is 20.8 Å². The molecule has 0 aliphatic rings. The van der Waals surface area contributed by atoms with E-state index < -0.39 is 5.54 Å². The average Bonchev–Trinajstić information content (AvgIpc) is 2.28. The van der Waals surface area contributed by atoms with Gasteiger partial charge in [-0.3, -0.25) is 4.79 Å². The molecular formula is C13H20N2O3. The monoisotopic (exact) mass is 252 g/mol. The molecule has 0 saturated carbocycles. The van der Waals surface area contributed by atoms with Crippen LogP contribution in [0.5, 0.6) is 11.5 Å². The van der Waals surface area contributed by atoms with Gasteiger partial charge in [0.05, 0.1) is 7.11 Å². The first-order chi connectivity index (χ1) is 8.27. The smallest absolute Gasteiger partial charge is 0.251 e. The van der Waals surface area contributed by atoms with Crippen LogP contribution in [0.1, 0.15) is 31.1 Å². The minimum absolute atomic E-state index is 0.0660. The lowest BCUT2D eigenvalue weighted by molar-refractivity contribution is 0.0903. The Hall–Kier alpha value is -1.75. The van der Waals surface area contributed by atoms with Gasteiger partial charge in [0, 0.05) is 17.1 Å². The predicted octanol–water partition coefficient (Wildman–Crippen LogP) is 1.26. The van der Waals surface area contributed by atoms with E-state index in [9.17, 15) is 9.90 Å². The standard InChI is InChI=1S/C13H20N2O3/c1-8(14)13(2,3)15-12(17)9-5-6-11(18-4)10(16)7-9/h5-8,16H,14H2,1-4H3,(H,15,17). The van der Waals surface area contributed by atoms with Gasteiger partial charge < -0.3 is 20.9 Å². The quantitative estimate of drug-likeness (QED) is 0.753. The molecule has 0 aliphatic heterocycles. The Bertz CT molecular complexity index is 442. The number of hydrogen-bond acceptors (Lipinski definition) is 4. The second kappa shape index (κ2) is 5.27. The van der Waals surface area contributed by atoms with Crippen LogP contribution in [0.3, 0.4) is 0 Å². The number of ether oxygens (including phenoxy) is 1. The van der Waals surface area contributed by atoms with Crippen molar-refractivity contribution in [3.8, 4) is 11.5 Å². The third kappa shape index (κ3) is 3.13. The minimum atomic E-state index is -0.521. The molecule has 1 atom stereocenters. The molecule has 4 N–H and O–H groups in total. The van der Waals surface area contributed by atoms with Gasteiger partial charge in [0.2, 0.25) is 0 Å². The lowest BCUT2D eigenvalue weighted by Gasteiger charge is -2.30. The molecule has 0 fully saturated rings. The Morgan fingerprint density at radius 2 is 2.11 bits per heavy atom. The van der Waals surface area contributed by atoms with Crippen molar-refractivity contribution in [3.05, 3.63) is 23.8 Å². The van der Waals surface area contributed by atoms with E-state index >= 15 is 0 Å². The zero-order valence-electron chi connectivity index (χ0n) is 11.2. The number of amides is 1. The third-order valence-electron chi connectivity index (χ3n) is 3.02. The summed E-state index contributed by atoms with van der Waals surface area (Å²) in [6, 6.07) is 4.31. The fraction of sp³-hybridized carbons (Fsp3) is 0.462. The second-order valence-electron chi connectivity index (χ2n) is 4.85. The van der Waals surface area contributed by atoms with E-state index in [0.717, 1.165) is 0 Å². The van der Waals surface area contributed by atoms with Crippen LogP contribution in [-0.2, 0) is 0 Å². The molecule has 0 radical (unpaired) electrons. The van der Waals surface area contributed by atoms with Gasteiger partial charge >= 0.3 is 0 Å². The maximum atomic E-state index is 12.0. The lowest BCUT2D eigenvalue weighted by atomic mass is 9.96. The molecule has 0 aliphatic carbocycles. The maximum Gasteiger partial charge on any atom is 0.251 e. The largest absolute Gasteiger partial charge is 0.504 e. The number of nitrogens with one attached hydrogen (secondary N) is 1. The van der Waals surface area contributed by atoms with E-state index in [1.165, 1.54) is 13.2 Å². The van der Waals surface area contributed by atoms with Crippen molar-refractivity contribution in [1.82, 2.24) is 5.32 Å². The highest BCUT2D eigenvalue weighted by Gasteiger charge is 2.25. The van der Waals surface area contributed by atoms with E-state index in [2.05, 4.69) is 5.32 Å². The Morgan fingerprint density at radius 1 is 1.50 bits per heavy atom. The number of rotatable bonds is 4. The second-order valence-corrected chi connectivity index (χ2v) is 4.85. The molecule has 0 spiro atoms. The minimum Gasteiger partial charge on any atom is -0.504 e. The van der Waals surface area contributed by atoms with Crippen LogP contribution in [0, 0.1) is 0 Å². The van der Waals surface area contributed by atoms with Gasteiger partial charge in [-0.05, 0) is 39.0 Å². The lowest BCUT2D eigenvalue weighted by Crippen LogP contribution is -2.54. The van der Waals surface area contributed by atoms with Crippen molar-refractivity contribution in [2.75, 3.05) is 7.11 Å². The van der Waals surface area contributed by atoms with Gasteiger partial charge in [-0.1, -0.05) is 0 Å². The van der Waals surface area contributed by atoms with E-state index in [-0.39, 0.29) is 17.7 Å². The molecule has 1 aromatic rings. The van der Waals surface area contributed by atoms with Crippen LogP contribution in [-0.4, -0.2) is 29.7 Å². The van der Waals surface area contributed by atoms with Gasteiger partial charge in [0.15, 0.2) is 11.5 Å². The zero-order valence-corrected chi connectivity index (χ0v) is 11.2. The summed E-state index contributed by atoms with van der Waals surface area (Å²) < 4.78 is 4.92. The predicted molar refractivity (Wildman–Crippen MR) is 69.9 cm³/mol. The average molecular weight is 252 g/mol. The summed E-state index contributed by atoms with van der Waals surface area (Å²) in [5.41, 5.74) is 5.63. The third-order valence-corrected chi connectivity index (χ3v) is 3.02. The summed E-state index contributed by atoms with van der Waals surface area (Å²) in [6.45, 7) is 5.52. The van der Waals surface area contributed by atoms with E-state index in [4.69, 9.17) is 10.5 Å². The van der Waals surface area contributed by atoms with Gasteiger partial charge in [0.1, 0.15) is 0 Å². The number of aromatic hydroxyl groups is 1. The SMILES string of the molecule is COc1ccc(C(=O)NC(C)(C)C(C)N)cc1O. The van der Waals surface area contributed by atoms with Crippen molar-refractivity contribution in [2.45, 2.75) is 32.4 Å². The van der Waals surface area contributed by atoms with Crippen molar-refractivity contribution in [2.24, 2.45) is 5.73 Å². The van der Waals surface area contributed by atoms with Gasteiger partial charge in [-0.2, -0.15) is 0 Å². The Labute approximate surface area is 107 Å². The van der Waals surface area contributed by atoms with Crippen LogP contribution in [0.25, 0.3) is 0 Å². The highest BCUT2D eigenvalue weighted by atomic mass is 16.5. The Kier molecular flexibility index (Phi) is 4.19. The summed E-state index contributed by atoms with van der Waals surface area (Å²) in [6.07, 6.45) is 0. The first-order valence-electron chi connectivity index (χ1n) is 5.73. The van der Waals surface area contributed by atoms with Gasteiger partial charge in [-0.15, -0.1) is 0 Å². The number of phenols is 1. The molecule has 1 rings (SSSR count). The normalized spacial score (nSPS) is 12.9. The molecule has 0 saturated heterocycles. The summed E-state index contributed by atoms with van der Waals surface area (Å²) in [7, 11) is 1.45. The molecule has 1 unspecified atom stereocenters. The number of phenolic OH excluding ortho intramolecular Hbond substituents is 1. The van der Waals surface area contributed by atoms with Gasteiger partial charge in [0.25, 0.3) is 5.91 Å². The number of carbonyl (C=O) groups is 1. The molecule has 18 heavy (non-hydrogen) atoms. The van der Waals surface area contributed by atoms with E-state index in [0.29, 0.717) is 11.3 Å². The van der Waals surface area contributed by atoms with Crippen molar-refractivity contribution < 1.29 is 14.6 Å². The number of hydrogen-bond donors (Lipinski definition) is 3. The number of nitrogens with two attached hydrogens (primary N) is 1. The molecule has 100 valence electrons. The number of carbonyl (C=O) groups excluding carboxylic acids is 1. The molecule has 0 bridgehead atoms. The highest BCUT2D eigenvalue weighted by molar-refractivity contribution is 5.95. The number of methoxy groups -OCH3 is 1. The Morgan fingerprint density at radius 3 is 2.56 bits per heavy atom. The Balaban J connectivity index is 2.89. The van der Waals surface area contributed by atoms with Crippen molar-refractivity contribution in [1.29, 1.82) is 0 Å². The molecule has 0 heterocycles. The van der Waals surface area contributed by atoms with Gasteiger partial charge in [-0.25, -0.2) is 0 Å². The number of benzene rings is 1. The van der Waals surface area contributed by atoms with Crippen molar-refractivity contribution >= 4 is 5.91 Å². The highest BCUT2D eigenvalue weighted by Crippen LogP contribution is 2.26. The molecule has 5 heteroatoms. The first-order valence-corrected chi connectivity index (χ1v) is 5.73. The summed E-state index contributed by atoms with van der Waals surface area (Å²) in [5, 5.41) is 12.4. The summed E-state index contributed by atoms with van der Waals surface area (Å²) in [5.74, 6) is -0.0167. The van der Waals surface area contributed by atoms with Crippen LogP contribution < -0.4 is 15.8 Å². The summed E-state index contributed by atoms with van der Waals surface area (Å²) in [4.78, 5) is 12.0. The molecule has 0 aromatic heterocycles. The van der Waals surface area contributed by atoms with E-state index in [1.54, 1.807) is 12.1 Å². The summed E-state index contributed by atoms with van der Waals surface area (Å²) >= 11 is 0. The molecular weight excluding hydrogens is 232 g/mol. The zero-order chi connectivity index (χ0) is 13.9. The van der Waals surface area contributed by atoms with Crippen LogP contribution in [0.2, 0.25) is 0 Å². The van der Waals surface area contributed by atoms with Crippen LogP contribution in [0.4, 0.5) is 0 Å². The first kappa shape index (κ1) is 14.3. The molecule has 1 aromatic carbocycles. The van der Waals surface area contributed by atoms with Crippen LogP contribution in [0.15, 0.2) is 18.2 Å². The maximum absolute atomic E-state index is 12.0.